The molecule has 3 aromatic rings. The van der Waals surface area contributed by atoms with Gasteiger partial charge in [0.05, 0.1) is 12.2 Å². The second kappa shape index (κ2) is 9.93. The summed E-state index contributed by atoms with van der Waals surface area (Å²) in [4.78, 5) is 36.0. The Labute approximate surface area is 180 Å². The molecule has 1 heterocycles. The van der Waals surface area contributed by atoms with Crippen molar-refractivity contribution in [3.63, 3.8) is 0 Å². The van der Waals surface area contributed by atoms with E-state index in [1.54, 1.807) is 49.4 Å². The molecular formula is C24H25NO6. The quantitative estimate of drug-likeness (QED) is 0.326. The van der Waals surface area contributed by atoms with E-state index in [0.717, 1.165) is 23.8 Å². The van der Waals surface area contributed by atoms with E-state index in [-0.39, 0.29) is 11.9 Å². The number of carbonyl (C=O) groups excluding carboxylic acids is 2. The maximum absolute atomic E-state index is 12.5. The van der Waals surface area contributed by atoms with E-state index in [1.807, 2.05) is 13.8 Å². The lowest BCUT2D eigenvalue weighted by Crippen LogP contribution is -2.30. The van der Waals surface area contributed by atoms with Gasteiger partial charge in [0.25, 0.3) is 5.91 Å². The van der Waals surface area contributed by atoms with Gasteiger partial charge in [-0.05, 0) is 62.2 Å². The third-order valence-electron chi connectivity index (χ3n) is 4.72. The van der Waals surface area contributed by atoms with Crippen LogP contribution < -0.4 is 15.7 Å². The van der Waals surface area contributed by atoms with E-state index < -0.39 is 11.7 Å². The number of unbranched alkanes of at least 4 members (excludes halogenated alkanes) is 1. The highest BCUT2D eigenvalue weighted by molar-refractivity contribution is 5.95. The molecule has 31 heavy (non-hydrogen) atoms. The second-order valence-corrected chi connectivity index (χ2v) is 7.22. The summed E-state index contributed by atoms with van der Waals surface area (Å²) in [5, 5.41) is 3.55. The van der Waals surface area contributed by atoms with E-state index >= 15 is 0 Å². The smallest absolute Gasteiger partial charge is 0.338 e. The highest BCUT2D eigenvalue weighted by atomic mass is 16.5. The molecule has 0 aliphatic rings. The van der Waals surface area contributed by atoms with Crippen LogP contribution in [0.3, 0.4) is 0 Å². The van der Waals surface area contributed by atoms with Gasteiger partial charge in [-0.25, -0.2) is 9.59 Å². The van der Waals surface area contributed by atoms with E-state index in [1.165, 1.54) is 6.07 Å². The summed E-state index contributed by atoms with van der Waals surface area (Å²) in [6, 6.07) is 13.0. The molecule has 0 fully saturated rings. The molecule has 1 atom stereocenters. The Bertz CT molecular complexity index is 1130. The third-order valence-corrected chi connectivity index (χ3v) is 4.72. The van der Waals surface area contributed by atoms with Crippen LogP contribution in [0, 0.1) is 6.92 Å². The lowest BCUT2D eigenvalue weighted by atomic mass is 10.1. The van der Waals surface area contributed by atoms with Crippen LogP contribution in [0.15, 0.2) is 57.7 Å². The third kappa shape index (κ3) is 5.72. The first-order valence-electron chi connectivity index (χ1n) is 10.2. The lowest BCUT2D eigenvalue weighted by Gasteiger charge is -2.15. The van der Waals surface area contributed by atoms with Gasteiger partial charge in [-0.2, -0.15) is 0 Å². The number of ether oxygens (including phenoxy) is 2. The number of nitrogens with one attached hydrogen (secondary N) is 1. The van der Waals surface area contributed by atoms with Crippen molar-refractivity contribution in [2.75, 3.05) is 11.9 Å². The Morgan fingerprint density at radius 1 is 1.10 bits per heavy atom. The molecule has 1 N–H and O–H groups in total. The fourth-order valence-corrected chi connectivity index (χ4v) is 2.96. The predicted octanol–water partition coefficient (Wildman–Crippen LogP) is 4.46. The fourth-order valence-electron chi connectivity index (χ4n) is 2.96. The molecule has 0 saturated carbocycles. The number of fused-ring (bicyclic) bond motifs is 1. The van der Waals surface area contributed by atoms with Crippen LogP contribution in [0.5, 0.6) is 5.75 Å². The highest BCUT2D eigenvalue weighted by Gasteiger charge is 2.16. The summed E-state index contributed by atoms with van der Waals surface area (Å²) in [5.41, 5.74) is 1.72. The summed E-state index contributed by atoms with van der Waals surface area (Å²) in [6.45, 7) is 5.85. The largest absolute Gasteiger partial charge is 0.481 e. The molecule has 3 rings (SSSR count). The van der Waals surface area contributed by atoms with Gasteiger partial charge in [-0.1, -0.05) is 13.3 Å². The molecule has 0 unspecified atom stereocenters. The maximum atomic E-state index is 12.5. The van der Waals surface area contributed by atoms with Gasteiger partial charge < -0.3 is 19.2 Å². The molecule has 0 aliphatic carbocycles. The van der Waals surface area contributed by atoms with Gasteiger partial charge >= 0.3 is 11.6 Å². The number of hydrogen-bond acceptors (Lipinski definition) is 6. The van der Waals surface area contributed by atoms with Crippen LogP contribution >= 0.6 is 0 Å². The zero-order chi connectivity index (χ0) is 22.4. The van der Waals surface area contributed by atoms with Gasteiger partial charge in [-0.3, -0.25) is 4.79 Å². The molecule has 0 radical (unpaired) electrons. The van der Waals surface area contributed by atoms with Crippen molar-refractivity contribution in [3.05, 3.63) is 70.1 Å². The number of benzene rings is 2. The van der Waals surface area contributed by atoms with Crippen molar-refractivity contribution in [1.29, 1.82) is 0 Å². The molecular weight excluding hydrogens is 398 g/mol. The van der Waals surface area contributed by atoms with Crippen LogP contribution in [0.25, 0.3) is 11.0 Å². The Hall–Kier alpha value is -3.61. The average molecular weight is 423 g/mol. The number of hydrogen-bond donors (Lipinski definition) is 1. The van der Waals surface area contributed by atoms with Crippen LogP contribution in [-0.4, -0.2) is 24.6 Å². The van der Waals surface area contributed by atoms with Gasteiger partial charge in [0.15, 0.2) is 6.10 Å². The molecule has 2 aromatic carbocycles. The summed E-state index contributed by atoms with van der Waals surface area (Å²) in [6.07, 6.45) is 0.972. The molecule has 162 valence electrons. The summed E-state index contributed by atoms with van der Waals surface area (Å²) in [7, 11) is 0. The van der Waals surface area contributed by atoms with Gasteiger partial charge in [0.2, 0.25) is 0 Å². The Morgan fingerprint density at radius 3 is 2.55 bits per heavy atom. The molecule has 1 amide bonds. The zero-order valence-corrected chi connectivity index (χ0v) is 17.8. The minimum absolute atomic E-state index is 0.357. The predicted molar refractivity (Wildman–Crippen MR) is 118 cm³/mol. The van der Waals surface area contributed by atoms with E-state index in [9.17, 15) is 14.4 Å². The van der Waals surface area contributed by atoms with Crippen molar-refractivity contribution in [3.8, 4) is 5.75 Å². The monoisotopic (exact) mass is 423 g/mol. The zero-order valence-electron chi connectivity index (χ0n) is 17.8. The van der Waals surface area contributed by atoms with E-state index in [0.29, 0.717) is 29.2 Å². The summed E-state index contributed by atoms with van der Waals surface area (Å²) in [5.74, 6) is -0.334. The number of carbonyl (C=O) groups is 2. The second-order valence-electron chi connectivity index (χ2n) is 7.22. The van der Waals surface area contributed by atoms with Crippen molar-refractivity contribution in [2.24, 2.45) is 0 Å². The highest BCUT2D eigenvalue weighted by Crippen LogP contribution is 2.23. The minimum atomic E-state index is -0.798. The number of rotatable bonds is 8. The van der Waals surface area contributed by atoms with Gasteiger partial charge in [-0.15, -0.1) is 0 Å². The first-order valence-corrected chi connectivity index (χ1v) is 10.2. The molecule has 0 bridgehead atoms. The van der Waals surface area contributed by atoms with Crippen molar-refractivity contribution in [1.82, 2.24) is 0 Å². The average Bonchev–Trinajstić information content (AvgIpc) is 2.74. The van der Waals surface area contributed by atoms with Crippen LogP contribution in [-0.2, 0) is 9.53 Å². The molecule has 1 aromatic heterocycles. The molecule has 0 aliphatic heterocycles. The summed E-state index contributed by atoms with van der Waals surface area (Å²) >= 11 is 0. The Balaban J connectivity index is 1.61. The normalized spacial score (nSPS) is 11.7. The SMILES string of the molecule is CCCCOC(=O)c1ccc(NC(=O)[C@@H](C)Oc2ccc3c(C)cc(=O)oc3c2)cc1. The Morgan fingerprint density at radius 2 is 1.84 bits per heavy atom. The van der Waals surface area contributed by atoms with Crippen molar-refractivity contribution < 1.29 is 23.5 Å². The Kier molecular flexibility index (Phi) is 7.07. The van der Waals surface area contributed by atoms with Crippen LogP contribution in [0.1, 0.15) is 42.6 Å². The van der Waals surface area contributed by atoms with Gasteiger partial charge in [0, 0.05) is 23.2 Å². The summed E-state index contributed by atoms with van der Waals surface area (Å²) < 4.78 is 16.1. The number of amides is 1. The fraction of sp³-hybridized carbons (Fsp3) is 0.292. The number of aryl methyl sites for hydroxylation is 1. The molecule has 0 spiro atoms. The van der Waals surface area contributed by atoms with Gasteiger partial charge in [0.1, 0.15) is 11.3 Å². The molecule has 7 heteroatoms. The minimum Gasteiger partial charge on any atom is -0.481 e. The van der Waals surface area contributed by atoms with Crippen LogP contribution in [0.2, 0.25) is 0 Å². The topological polar surface area (TPSA) is 94.8 Å². The number of esters is 1. The number of anilines is 1. The van der Waals surface area contributed by atoms with Crippen molar-refractivity contribution in [2.45, 2.75) is 39.7 Å². The van der Waals surface area contributed by atoms with E-state index in [2.05, 4.69) is 5.32 Å². The van der Waals surface area contributed by atoms with Crippen LogP contribution in [0.4, 0.5) is 5.69 Å². The maximum Gasteiger partial charge on any atom is 0.338 e. The molecule has 0 saturated heterocycles. The first-order chi connectivity index (χ1) is 14.9. The first kappa shape index (κ1) is 22.1. The standard InChI is InChI=1S/C24H25NO6/c1-4-5-12-29-24(28)17-6-8-18(9-7-17)25-23(27)16(3)30-19-10-11-20-15(2)13-22(26)31-21(20)14-19/h6-11,13-14,16H,4-5,12H2,1-3H3,(H,25,27)/t16-/m1/s1. The van der Waals surface area contributed by atoms with Crippen molar-refractivity contribution >= 4 is 28.5 Å². The molecule has 7 nitrogen and oxygen atoms in total. The lowest BCUT2D eigenvalue weighted by molar-refractivity contribution is -0.122. The van der Waals surface area contributed by atoms with E-state index in [4.69, 9.17) is 13.9 Å².